The lowest BCUT2D eigenvalue weighted by molar-refractivity contribution is 0.0615. The van der Waals surface area contributed by atoms with Crippen molar-refractivity contribution >= 4 is 32.7 Å². The first-order valence-corrected chi connectivity index (χ1v) is 6.95. The van der Waals surface area contributed by atoms with Crippen molar-refractivity contribution in [3.8, 4) is 0 Å². The topological polar surface area (TPSA) is 54.4 Å². The van der Waals surface area contributed by atoms with Gasteiger partial charge < -0.3 is 15.2 Å². The van der Waals surface area contributed by atoms with Crippen molar-refractivity contribution in [1.29, 1.82) is 0 Å². The normalized spacial score (nSPS) is 12.6. The number of nitrogens with zero attached hydrogens (tertiary/aromatic N) is 1. The van der Waals surface area contributed by atoms with Gasteiger partial charge in [0.2, 0.25) is 0 Å². The van der Waals surface area contributed by atoms with Crippen molar-refractivity contribution < 1.29 is 9.84 Å². The molecule has 1 atom stereocenters. The maximum atomic E-state index is 9.54. The second kappa shape index (κ2) is 6.84. The smallest absolute Gasteiger partial charge is 0.126 e. The van der Waals surface area contributed by atoms with Gasteiger partial charge >= 0.3 is 0 Å². The zero-order chi connectivity index (χ0) is 13.7. The summed E-state index contributed by atoms with van der Waals surface area (Å²) in [6.07, 6.45) is 0.197. The maximum Gasteiger partial charge on any atom is 0.126 e. The van der Waals surface area contributed by atoms with E-state index in [9.17, 15) is 5.11 Å². The second-order valence-electron chi connectivity index (χ2n) is 4.36. The van der Waals surface area contributed by atoms with E-state index in [0.717, 1.165) is 21.2 Å². The van der Waals surface area contributed by atoms with Gasteiger partial charge in [-0.2, -0.15) is 0 Å². The third-order valence-corrected chi connectivity index (χ3v) is 3.29. The number of aliphatic hydroxyl groups is 1. The molecule has 1 heterocycles. The predicted octanol–water partition coefficient (Wildman–Crippen LogP) is 2.81. The van der Waals surface area contributed by atoms with Crippen LogP contribution in [0.1, 0.15) is 6.42 Å². The highest BCUT2D eigenvalue weighted by Gasteiger charge is 2.03. The molecule has 19 heavy (non-hydrogen) atoms. The van der Waals surface area contributed by atoms with Crippen LogP contribution in [0.3, 0.4) is 0 Å². The van der Waals surface area contributed by atoms with Gasteiger partial charge in [-0.05, 0) is 36.8 Å². The Balaban J connectivity index is 1.96. The zero-order valence-corrected chi connectivity index (χ0v) is 12.4. The highest BCUT2D eigenvalue weighted by atomic mass is 79.9. The first kappa shape index (κ1) is 14.2. The van der Waals surface area contributed by atoms with Crippen LogP contribution >= 0.6 is 15.9 Å². The molecule has 2 N–H and O–H groups in total. The van der Waals surface area contributed by atoms with E-state index in [-0.39, 0.29) is 0 Å². The first-order valence-electron chi connectivity index (χ1n) is 6.16. The van der Waals surface area contributed by atoms with E-state index in [1.165, 1.54) is 0 Å². The number of anilines is 1. The predicted molar refractivity (Wildman–Crippen MR) is 80.4 cm³/mol. The molecular weight excluding hydrogens is 308 g/mol. The molecule has 2 rings (SSSR count). The van der Waals surface area contributed by atoms with Gasteiger partial charge in [-0.3, -0.25) is 0 Å². The van der Waals surface area contributed by atoms with E-state index in [1.54, 1.807) is 7.11 Å². The molecular formula is C14H17BrN2O2. The molecule has 0 radical (unpaired) electrons. The van der Waals surface area contributed by atoms with E-state index in [2.05, 4.69) is 26.2 Å². The summed E-state index contributed by atoms with van der Waals surface area (Å²) in [6.45, 7) is 1.03. The summed E-state index contributed by atoms with van der Waals surface area (Å²) in [5, 5.41) is 13.8. The fraction of sp³-hybridized carbons (Fsp3) is 0.357. The Kier molecular flexibility index (Phi) is 5.13. The number of nitrogens with one attached hydrogen (secondary N) is 1. The van der Waals surface area contributed by atoms with E-state index in [0.29, 0.717) is 19.6 Å². The van der Waals surface area contributed by atoms with Crippen molar-refractivity contribution in [3.05, 3.63) is 34.8 Å². The number of rotatable bonds is 6. The lowest BCUT2D eigenvalue weighted by Crippen LogP contribution is -2.18. The van der Waals surface area contributed by atoms with Crippen LogP contribution < -0.4 is 5.32 Å². The molecule has 1 aromatic carbocycles. The largest absolute Gasteiger partial charge is 0.391 e. The van der Waals surface area contributed by atoms with Crippen LogP contribution in [-0.2, 0) is 4.74 Å². The number of halogens is 1. The number of ether oxygens (including phenoxy) is 1. The summed E-state index contributed by atoms with van der Waals surface area (Å²) in [6, 6.07) is 9.96. The van der Waals surface area contributed by atoms with Crippen LogP contribution in [0.5, 0.6) is 0 Å². The zero-order valence-electron chi connectivity index (χ0n) is 10.8. The summed E-state index contributed by atoms with van der Waals surface area (Å²) >= 11 is 3.44. The number of pyridine rings is 1. The van der Waals surface area contributed by atoms with Gasteiger partial charge in [0, 0.05) is 23.5 Å². The van der Waals surface area contributed by atoms with Gasteiger partial charge in [0.1, 0.15) is 5.82 Å². The number of methoxy groups -OCH3 is 1. The standard InChI is InChI=1S/C14H17BrN2O2/c1-19-9-12(18)6-7-16-14-5-2-10-8-11(15)3-4-13(10)17-14/h2-5,8,12,18H,6-7,9H2,1H3,(H,16,17). The molecule has 0 bridgehead atoms. The lowest BCUT2D eigenvalue weighted by atomic mass is 10.2. The lowest BCUT2D eigenvalue weighted by Gasteiger charge is -2.10. The third kappa shape index (κ3) is 4.16. The Bertz CT molecular complexity index is 548. The number of aliphatic hydroxyl groups excluding tert-OH is 1. The molecule has 1 unspecified atom stereocenters. The average Bonchev–Trinajstić information content (AvgIpc) is 2.39. The Labute approximate surface area is 120 Å². The summed E-state index contributed by atoms with van der Waals surface area (Å²) in [5.41, 5.74) is 0.950. The molecule has 4 nitrogen and oxygen atoms in total. The van der Waals surface area contributed by atoms with Gasteiger partial charge in [0.05, 0.1) is 18.2 Å². The number of benzene rings is 1. The molecule has 0 fully saturated rings. The average molecular weight is 325 g/mol. The molecule has 0 spiro atoms. The van der Waals surface area contributed by atoms with Gasteiger partial charge in [0.25, 0.3) is 0 Å². The quantitative estimate of drug-likeness (QED) is 0.857. The monoisotopic (exact) mass is 324 g/mol. The number of aromatic nitrogens is 1. The first-order chi connectivity index (χ1) is 9.19. The number of hydrogen-bond donors (Lipinski definition) is 2. The minimum Gasteiger partial charge on any atom is -0.391 e. The second-order valence-corrected chi connectivity index (χ2v) is 5.27. The Morgan fingerprint density at radius 2 is 2.21 bits per heavy atom. The van der Waals surface area contributed by atoms with Crippen molar-refractivity contribution in [2.75, 3.05) is 25.6 Å². The summed E-state index contributed by atoms with van der Waals surface area (Å²) in [7, 11) is 1.58. The molecule has 1 aromatic heterocycles. The third-order valence-electron chi connectivity index (χ3n) is 2.79. The fourth-order valence-electron chi connectivity index (χ4n) is 1.84. The Morgan fingerprint density at radius 3 is 3.00 bits per heavy atom. The Morgan fingerprint density at radius 1 is 1.37 bits per heavy atom. The molecule has 5 heteroatoms. The summed E-state index contributed by atoms with van der Waals surface area (Å²) in [5.74, 6) is 0.819. The van der Waals surface area contributed by atoms with Crippen LogP contribution in [0.15, 0.2) is 34.8 Å². The van der Waals surface area contributed by atoms with E-state index >= 15 is 0 Å². The van der Waals surface area contributed by atoms with Crippen LogP contribution in [0.25, 0.3) is 10.9 Å². The SMILES string of the molecule is COCC(O)CCNc1ccc2cc(Br)ccc2n1. The van der Waals surface area contributed by atoms with E-state index in [4.69, 9.17) is 4.74 Å². The van der Waals surface area contributed by atoms with Crippen molar-refractivity contribution in [2.24, 2.45) is 0 Å². The number of fused-ring (bicyclic) bond motifs is 1. The van der Waals surface area contributed by atoms with Crippen LogP contribution in [0.4, 0.5) is 5.82 Å². The molecule has 2 aromatic rings. The van der Waals surface area contributed by atoms with Gasteiger partial charge in [0.15, 0.2) is 0 Å². The van der Waals surface area contributed by atoms with Gasteiger partial charge in [-0.1, -0.05) is 15.9 Å². The highest BCUT2D eigenvalue weighted by Crippen LogP contribution is 2.19. The van der Waals surface area contributed by atoms with Gasteiger partial charge in [-0.25, -0.2) is 4.98 Å². The van der Waals surface area contributed by atoms with E-state index < -0.39 is 6.10 Å². The van der Waals surface area contributed by atoms with Crippen molar-refractivity contribution in [1.82, 2.24) is 4.98 Å². The molecule has 102 valence electrons. The van der Waals surface area contributed by atoms with Crippen molar-refractivity contribution in [2.45, 2.75) is 12.5 Å². The molecule has 0 aliphatic carbocycles. The van der Waals surface area contributed by atoms with Crippen LogP contribution in [0.2, 0.25) is 0 Å². The maximum absolute atomic E-state index is 9.54. The molecule has 0 saturated carbocycles. The molecule has 0 aliphatic rings. The molecule has 0 amide bonds. The Hall–Kier alpha value is -1.17. The fourth-order valence-corrected chi connectivity index (χ4v) is 2.22. The molecule has 0 saturated heterocycles. The van der Waals surface area contributed by atoms with Crippen LogP contribution in [0, 0.1) is 0 Å². The van der Waals surface area contributed by atoms with Crippen molar-refractivity contribution in [3.63, 3.8) is 0 Å². The van der Waals surface area contributed by atoms with Gasteiger partial charge in [-0.15, -0.1) is 0 Å². The minimum absolute atomic E-state index is 0.362. The molecule has 0 aliphatic heterocycles. The summed E-state index contributed by atoms with van der Waals surface area (Å²) in [4.78, 5) is 4.51. The summed E-state index contributed by atoms with van der Waals surface area (Å²) < 4.78 is 5.92. The van der Waals surface area contributed by atoms with E-state index in [1.807, 2.05) is 30.3 Å². The van der Waals surface area contributed by atoms with Crippen LogP contribution in [-0.4, -0.2) is 36.5 Å². The number of hydrogen-bond acceptors (Lipinski definition) is 4. The highest BCUT2D eigenvalue weighted by molar-refractivity contribution is 9.10. The minimum atomic E-state index is -0.436.